The van der Waals surface area contributed by atoms with Gasteiger partial charge in [-0.25, -0.2) is 0 Å². The van der Waals surface area contributed by atoms with Gasteiger partial charge in [0.15, 0.2) is 0 Å². The molecule has 90 valence electrons. The molecule has 2 rings (SSSR count). The summed E-state index contributed by atoms with van der Waals surface area (Å²) in [6, 6.07) is 7.40. The van der Waals surface area contributed by atoms with E-state index >= 15 is 0 Å². The van der Waals surface area contributed by atoms with Gasteiger partial charge in [0.1, 0.15) is 0 Å². The predicted octanol–water partition coefficient (Wildman–Crippen LogP) is 4.14. The highest BCUT2D eigenvalue weighted by atomic mass is 19.4. The molecule has 0 amide bonds. The van der Waals surface area contributed by atoms with Gasteiger partial charge in [0, 0.05) is 35.3 Å². The molecular weight excluding hydrogens is 227 g/mol. The average molecular weight is 239 g/mol. The summed E-state index contributed by atoms with van der Waals surface area (Å²) < 4.78 is 39.2. The summed E-state index contributed by atoms with van der Waals surface area (Å²) in [5.41, 5.74) is 0.931. The minimum absolute atomic E-state index is 0.589. The van der Waals surface area contributed by atoms with Crippen LogP contribution in [0, 0.1) is 0 Å². The molecule has 0 aliphatic heterocycles. The Morgan fingerprint density at radius 1 is 1.24 bits per heavy atom. The van der Waals surface area contributed by atoms with Crippen LogP contribution in [0.25, 0.3) is 17.0 Å². The molecular formula is C13H12F3N. The number of halogens is 3. The summed E-state index contributed by atoms with van der Waals surface area (Å²) >= 11 is 0. The minimum atomic E-state index is -4.27. The fourth-order valence-electron chi connectivity index (χ4n) is 1.80. The van der Waals surface area contributed by atoms with E-state index in [4.69, 9.17) is 0 Å². The molecule has 0 saturated carbocycles. The SMILES string of the molecule is C/C(=C\c1cn(C)c2ccccc12)C(F)(F)F. The number of rotatable bonds is 1. The lowest BCUT2D eigenvalue weighted by Crippen LogP contribution is -2.08. The monoisotopic (exact) mass is 239 g/mol. The number of allylic oxidation sites excluding steroid dienone is 1. The third-order valence-electron chi connectivity index (χ3n) is 2.75. The van der Waals surface area contributed by atoms with Gasteiger partial charge in [0.25, 0.3) is 0 Å². The largest absolute Gasteiger partial charge is 0.412 e. The van der Waals surface area contributed by atoms with Gasteiger partial charge < -0.3 is 4.57 Å². The van der Waals surface area contributed by atoms with Crippen LogP contribution in [0.3, 0.4) is 0 Å². The first-order chi connectivity index (χ1) is 7.89. The van der Waals surface area contributed by atoms with Crippen molar-refractivity contribution in [3.05, 3.63) is 41.6 Å². The number of nitrogens with zero attached hydrogens (tertiary/aromatic N) is 1. The standard InChI is InChI=1S/C13H12F3N/c1-9(13(14,15)16)7-10-8-17(2)12-6-4-3-5-11(10)12/h3-8H,1-2H3/b9-7+. The first kappa shape index (κ1) is 11.8. The Morgan fingerprint density at radius 2 is 1.88 bits per heavy atom. The smallest absolute Gasteiger partial charge is 0.350 e. The molecule has 0 spiro atoms. The van der Waals surface area contributed by atoms with Crippen LogP contribution in [0.5, 0.6) is 0 Å². The summed E-state index contributed by atoms with van der Waals surface area (Å²) in [7, 11) is 1.82. The van der Waals surface area contributed by atoms with Crippen LogP contribution in [0.4, 0.5) is 13.2 Å². The summed E-state index contributed by atoms with van der Waals surface area (Å²) in [6.07, 6.45) is -1.38. The molecule has 1 nitrogen and oxygen atoms in total. The zero-order valence-corrected chi connectivity index (χ0v) is 9.55. The van der Waals surface area contributed by atoms with Gasteiger partial charge in [-0.3, -0.25) is 0 Å². The second-order valence-electron chi connectivity index (χ2n) is 4.04. The molecule has 0 aliphatic rings. The van der Waals surface area contributed by atoms with Gasteiger partial charge >= 0.3 is 6.18 Å². The van der Waals surface area contributed by atoms with Gasteiger partial charge in [-0.15, -0.1) is 0 Å². The Labute approximate surface area is 97.2 Å². The van der Waals surface area contributed by atoms with Gasteiger partial charge in [-0.1, -0.05) is 18.2 Å². The molecule has 1 aromatic carbocycles. The molecule has 1 heterocycles. The maximum absolute atomic E-state index is 12.5. The molecule has 0 unspecified atom stereocenters. The summed E-state index contributed by atoms with van der Waals surface area (Å²) in [5.74, 6) is 0. The zero-order chi connectivity index (χ0) is 12.6. The molecule has 0 N–H and O–H groups in total. The lowest BCUT2D eigenvalue weighted by molar-refractivity contribution is -0.0903. The first-order valence-corrected chi connectivity index (χ1v) is 5.19. The van der Waals surface area contributed by atoms with Crippen LogP contribution in [-0.2, 0) is 7.05 Å². The van der Waals surface area contributed by atoms with E-state index in [2.05, 4.69) is 0 Å². The van der Waals surface area contributed by atoms with Crippen LogP contribution >= 0.6 is 0 Å². The lowest BCUT2D eigenvalue weighted by atomic mass is 10.1. The Kier molecular flexibility index (Phi) is 2.73. The van der Waals surface area contributed by atoms with Gasteiger partial charge in [0.2, 0.25) is 0 Å². The van der Waals surface area contributed by atoms with E-state index in [9.17, 15) is 13.2 Å². The summed E-state index contributed by atoms with van der Waals surface area (Å²) in [6.45, 7) is 1.09. The normalized spacial score (nSPS) is 13.4. The summed E-state index contributed by atoms with van der Waals surface area (Å²) in [4.78, 5) is 0. The van der Waals surface area contributed by atoms with Gasteiger partial charge in [-0.2, -0.15) is 13.2 Å². The number of hydrogen-bond donors (Lipinski definition) is 0. The molecule has 0 aliphatic carbocycles. The van der Waals surface area contributed by atoms with Crippen LogP contribution in [-0.4, -0.2) is 10.7 Å². The lowest BCUT2D eigenvalue weighted by Gasteiger charge is -2.05. The van der Waals surface area contributed by atoms with Crippen molar-refractivity contribution in [1.29, 1.82) is 0 Å². The van der Waals surface area contributed by atoms with Crippen LogP contribution in [0.2, 0.25) is 0 Å². The first-order valence-electron chi connectivity index (χ1n) is 5.19. The molecule has 0 fully saturated rings. The topological polar surface area (TPSA) is 4.93 Å². The average Bonchev–Trinajstić information content (AvgIpc) is 2.56. The quantitative estimate of drug-likeness (QED) is 0.704. The number of aromatic nitrogens is 1. The van der Waals surface area contributed by atoms with Crippen molar-refractivity contribution < 1.29 is 13.2 Å². The predicted molar refractivity (Wildman–Crippen MR) is 62.6 cm³/mol. The van der Waals surface area contributed by atoms with E-state index in [1.54, 1.807) is 6.20 Å². The van der Waals surface area contributed by atoms with Crippen molar-refractivity contribution >= 4 is 17.0 Å². The maximum atomic E-state index is 12.5. The van der Waals surface area contributed by atoms with E-state index in [0.29, 0.717) is 5.56 Å². The van der Waals surface area contributed by atoms with Crippen molar-refractivity contribution in [3.8, 4) is 0 Å². The van der Waals surface area contributed by atoms with Crippen molar-refractivity contribution in [2.45, 2.75) is 13.1 Å². The van der Waals surface area contributed by atoms with E-state index < -0.39 is 11.7 Å². The molecule has 1 aromatic heterocycles. The summed E-state index contributed by atoms with van der Waals surface area (Å²) in [5, 5.41) is 0.832. The fraction of sp³-hybridized carbons (Fsp3) is 0.231. The highest BCUT2D eigenvalue weighted by Crippen LogP contribution is 2.29. The highest BCUT2D eigenvalue weighted by molar-refractivity contribution is 5.89. The number of benzene rings is 1. The van der Waals surface area contributed by atoms with E-state index in [1.165, 1.54) is 6.08 Å². The van der Waals surface area contributed by atoms with Gasteiger partial charge in [0.05, 0.1) is 0 Å². The van der Waals surface area contributed by atoms with E-state index in [-0.39, 0.29) is 0 Å². The molecule has 17 heavy (non-hydrogen) atoms. The highest BCUT2D eigenvalue weighted by Gasteiger charge is 2.29. The number of alkyl halides is 3. The number of para-hydroxylation sites is 1. The molecule has 0 radical (unpaired) electrons. The van der Waals surface area contributed by atoms with E-state index in [0.717, 1.165) is 17.8 Å². The third-order valence-corrected chi connectivity index (χ3v) is 2.75. The number of fused-ring (bicyclic) bond motifs is 1. The zero-order valence-electron chi connectivity index (χ0n) is 9.55. The van der Waals surface area contributed by atoms with Crippen LogP contribution in [0.15, 0.2) is 36.0 Å². The third kappa shape index (κ3) is 2.20. The molecule has 0 atom stereocenters. The number of aryl methyl sites for hydroxylation is 1. The Bertz CT molecular complexity index is 576. The Balaban J connectivity index is 2.58. The Morgan fingerprint density at radius 3 is 2.53 bits per heavy atom. The Hall–Kier alpha value is -1.71. The maximum Gasteiger partial charge on any atom is 0.412 e. The van der Waals surface area contributed by atoms with Crippen molar-refractivity contribution in [2.75, 3.05) is 0 Å². The fourth-order valence-corrected chi connectivity index (χ4v) is 1.80. The second-order valence-corrected chi connectivity index (χ2v) is 4.04. The van der Waals surface area contributed by atoms with Crippen LogP contribution < -0.4 is 0 Å². The number of hydrogen-bond acceptors (Lipinski definition) is 0. The minimum Gasteiger partial charge on any atom is -0.350 e. The molecule has 0 bridgehead atoms. The van der Waals surface area contributed by atoms with E-state index in [1.807, 2.05) is 35.9 Å². The van der Waals surface area contributed by atoms with Crippen LogP contribution in [0.1, 0.15) is 12.5 Å². The second kappa shape index (κ2) is 3.95. The van der Waals surface area contributed by atoms with Gasteiger partial charge in [-0.05, 0) is 19.1 Å². The molecule has 0 saturated heterocycles. The molecule has 2 aromatic rings. The van der Waals surface area contributed by atoms with Crippen molar-refractivity contribution in [1.82, 2.24) is 4.57 Å². The van der Waals surface area contributed by atoms with Crippen molar-refractivity contribution in [3.63, 3.8) is 0 Å². The van der Waals surface area contributed by atoms with Crippen molar-refractivity contribution in [2.24, 2.45) is 7.05 Å². The molecule has 4 heteroatoms.